The van der Waals surface area contributed by atoms with Crippen LogP contribution in [-0.2, 0) is 10.0 Å². The number of benzene rings is 3. The molecule has 0 aliphatic carbocycles. The Hall–Kier alpha value is -4.16. The molecular weight excluding hydrogens is 493 g/mol. The largest absolute Gasteiger partial charge is 0.455 e. The molecule has 0 unspecified atom stereocenters. The molecule has 0 spiro atoms. The van der Waals surface area contributed by atoms with E-state index in [9.17, 15) is 17.6 Å². The highest BCUT2D eigenvalue weighted by Crippen LogP contribution is 2.40. The SMILES string of the molecule is CNC(=O)c1c(-c2ccc(F)cc2)oc2cc(NS(=O)(=O)CCCCCC#N)c(-c3ccccc3)cc12. The second-order valence-electron chi connectivity index (χ2n) is 8.54. The first-order valence-corrected chi connectivity index (χ1v) is 13.5. The van der Waals surface area contributed by atoms with E-state index in [1.807, 2.05) is 30.3 Å². The smallest absolute Gasteiger partial charge is 0.255 e. The molecule has 1 amide bonds. The summed E-state index contributed by atoms with van der Waals surface area (Å²) in [6, 6.07) is 20.2. The number of nitrogens with zero attached hydrogens (tertiary/aromatic N) is 1. The number of nitriles is 1. The number of furan rings is 1. The minimum atomic E-state index is -3.70. The van der Waals surface area contributed by atoms with Gasteiger partial charge in [-0.3, -0.25) is 9.52 Å². The zero-order valence-electron chi connectivity index (χ0n) is 20.3. The van der Waals surface area contributed by atoms with Crippen molar-refractivity contribution in [2.45, 2.75) is 25.7 Å². The quantitative estimate of drug-likeness (QED) is 0.246. The van der Waals surface area contributed by atoms with Gasteiger partial charge in [-0.25, -0.2) is 12.8 Å². The van der Waals surface area contributed by atoms with Crippen molar-refractivity contribution in [3.8, 4) is 28.5 Å². The van der Waals surface area contributed by atoms with Gasteiger partial charge in [-0.05, 0) is 48.7 Å². The molecule has 0 saturated heterocycles. The van der Waals surface area contributed by atoms with E-state index in [1.165, 1.54) is 31.3 Å². The number of unbranched alkanes of at least 4 members (excludes halogenated alkanes) is 3. The number of rotatable bonds is 10. The molecule has 190 valence electrons. The summed E-state index contributed by atoms with van der Waals surface area (Å²) in [5.74, 6) is -0.640. The van der Waals surface area contributed by atoms with E-state index < -0.39 is 15.8 Å². The highest BCUT2D eigenvalue weighted by Gasteiger charge is 2.24. The van der Waals surface area contributed by atoms with E-state index in [4.69, 9.17) is 9.68 Å². The van der Waals surface area contributed by atoms with Gasteiger partial charge in [0.2, 0.25) is 10.0 Å². The Kier molecular flexibility index (Phi) is 7.89. The van der Waals surface area contributed by atoms with Crippen LogP contribution >= 0.6 is 0 Å². The van der Waals surface area contributed by atoms with Gasteiger partial charge in [0.25, 0.3) is 5.91 Å². The molecule has 3 aromatic carbocycles. The lowest BCUT2D eigenvalue weighted by Crippen LogP contribution is -2.18. The molecule has 0 atom stereocenters. The zero-order valence-corrected chi connectivity index (χ0v) is 21.1. The summed E-state index contributed by atoms with van der Waals surface area (Å²) in [5, 5.41) is 11.8. The van der Waals surface area contributed by atoms with E-state index in [1.54, 1.807) is 12.1 Å². The molecule has 1 aromatic heterocycles. The van der Waals surface area contributed by atoms with Crippen molar-refractivity contribution >= 4 is 32.6 Å². The normalized spacial score (nSPS) is 11.3. The van der Waals surface area contributed by atoms with Crippen molar-refractivity contribution in [1.29, 1.82) is 5.26 Å². The molecular formula is C28H26FN3O4S. The number of halogens is 1. The van der Waals surface area contributed by atoms with Crippen molar-refractivity contribution in [2.24, 2.45) is 0 Å². The van der Waals surface area contributed by atoms with Crippen molar-refractivity contribution in [1.82, 2.24) is 5.32 Å². The molecule has 9 heteroatoms. The molecule has 4 rings (SSSR count). The summed E-state index contributed by atoms with van der Waals surface area (Å²) in [7, 11) is -2.19. The average Bonchev–Trinajstić information content (AvgIpc) is 3.26. The summed E-state index contributed by atoms with van der Waals surface area (Å²) in [6.07, 6.45) is 2.10. The number of hydrogen-bond acceptors (Lipinski definition) is 5. The van der Waals surface area contributed by atoms with Gasteiger partial charge >= 0.3 is 0 Å². The maximum Gasteiger partial charge on any atom is 0.255 e. The van der Waals surface area contributed by atoms with Crippen LogP contribution in [0, 0.1) is 17.1 Å². The molecule has 0 bridgehead atoms. The van der Waals surface area contributed by atoms with Crippen LogP contribution in [0.1, 0.15) is 36.0 Å². The Morgan fingerprint density at radius 2 is 1.73 bits per heavy atom. The lowest BCUT2D eigenvalue weighted by Gasteiger charge is -2.13. The van der Waals surface area contributed by atoms with Crippen molar-refractivity contribution in [3.05, 3.63) is 78.1 Å². The van der Waals surface area contributed by atoms with Gasteiger partial charge in [-0.1, -0.05) is 36.8 Å². The first kappa shape index (κ1) is 25.9. The predicted octanol–water partition coefficient (Wildman–Crippen LogP) is 6.09. The van der Waals surface area contributed by atoms with Crippen LogP contribution in [-0.4, -0.2) is 27.1 Å². The molecule has 2 N–H and O–H groups in total. The van der Waals surface area contributed by atoms with Crippen LogP contribution in [0.4, 0.5) is 10.1 Å². The summed E-state index contributed by atoms with van der Waals surface area (Å²) >= 11 is 0. The molecule has 0 aliphatic heterocycles. The summed E-state index contributed by atoms with van der Waals surface area (Å²) in [6.45, 7) is 0. The third-order valence-corrected chi connectivity index (χ3v) is 7.30. The van der Waals surface area contributed by atoms with E-state index in [0.29, 0.717) is 53.5 Å². The summed E-state index contributed by atoms with van der Waals surface area (Å²) < 4.78 is 48.2. The highest BCUT2D eigenvalue weighted by molar-refractivity contribution is 7.92. The van der Waals surface area contributed by atoms with Gasteiger partial charge in [-0.15, -0.1) is 0 Å². The van der Waals surface area contributed by atoms with Gasteiger partial charge in [0, 0.05) is 36.0 Å². The zero-order chi connectivity index (χ0) is 26.4. The molecule has 1 heterocycles. The number of carbonyl (C=O) groups excluding carboxylic acids is 1. The maximum atomic E-state index is 13.5. The van der Waals surface area contributed by atoms with Gasteiger partial charge in [0.15, 0.2) is 0 Å². The fourth-order valence-corrected chi connectivity index (χ4v) is 5.32. The van der Waals surface area contributed by atoms with Crippen molar-refractivity contribution < 1.29 is 22.0 Å². The van der Waals surface area contributed by atoms with Gasteiger partial charge in [0.05, 0.1) is 23.1 Å². The van der Waals surface area contributed by atoms with Crippen molar-refractivity contribution in [2.75, 3.05) is 17.5 Å². The van der Waals surface area contributed by atoms with Crippen LogP contribution in [0.25, 0.3) is 33.4 Å². The second kappa shape index (κ2) is 11.3. The third-order valence-electron chi connectivity index (χ3n) is 5.94. The number of hydrogen-bond donors (Lipinski definition) is 2. The van der Waals surface area contributed by atoms with Crippen LogP contribution in [0.15, 0.2) is 71.1 Å². The third kappa shape index (κ3) is 5.98. The van der Waals surface area contributed by atoms with Crippen LogP contribution in [0.2, 0.25) is 0 Å². The number of nitrogens with one attached hydrogen (secondary N) is 2. The minimum Gasteiger partial charge on any atom is -0.455 e. The van der Waals surface area contributed by atoms with Crippen LogP contribution in [0.3, 0.4) is 0 Å². The Morgan fingerprint density at radius 3 is 2.41 bits per heavy atom. The van der Waals surface area contributed by atoms with Crippen LogP contribution < -0.4 is 10.0 Å². The predicted molar refractivity (Wildman–Crippen MR) is 142 cm³/mol. The number of sulfonamides is 1. The fourth-order valence-electron chi connectivity index (χ4n) is 4.13. The lowest BCUT2D eigenvalue weighted by molar-refractivity contribution is 0.0964. The molecule has 0 radical (unpaired) electrons. The second-order valence-corrected chi connectivity index (χ2v) is 10.4. The van der Waals surface area contributed by atoms with E-state index >= 15 is 0 Å². The summed E-state index contributed by atoms with van der Waals surface area (Å²) in [4.78, 5) is 12.9. The molecule has 0 saturated carbocycles. The maximum absolute atomic E-state index is 13.5. The van der Waals surface area contributed by atoms with Gasteiger partial charge in [-0.2, -0.15) is 5.26 Å². The fraction of sp³-hybridized carbons (Fsp3) is 0.214. The Morgan fingerprint density at radius 1 is 1.00 bits per heavy atom. The molecule has 7 nitrogen and oxygen atoms in total. The average molecular weight is 520 g/mol. The number of fused-ring (bicyclic) bond motifs is 1. The highest BCUT2D eigenvalue weighted by atomic mass is 32.2. The van der Waals surface area contributed by atoms with Crippen LogP contribution in [0.5, 0.6) is 0 Å². The molecule has 0 aliphatic rings. The monoisotopic (exact) mass is 519 g/mol. The van der Waals surface area contributed by atoms with Crippen molar-refractivity contribution in [3.63, 3.8) is 0 Å². The Balaban J connectivity index is 1.83. The Labute approximate surface area is 215 Å². The first-order valence-electron chi connectivity index (χ1n) is 11.8. The first-order chi connectivity index (χ1) is 17.8. The lowest BCUT2D eigenvalue weighted by atomic mass is 9.99. The van der Waals surface area contributed by atoms with Gasteiger partial charge < -0.3 is 9.73 Å². The number of anilines is 1. The molecule has 0 fully saturated rings. The number of carbonyl (C=O) groups is 1. The number of amides is 1. The molecule has 4 aromatic rings. The molecule has 37 heavy (non-hydrogen) atoms. The van der Waals surface area contributed by atoms with Gasteiger partial charge in [0.1, 0.15) is 17.2 Å². The Bertz CT molecular complexity index is 1560. The van der Waals surface area contributed by atoms with E-state index in [-0.39, 0.29) is 23.0 Å². The van der Waals surface area contributed by atoms with E-state index in [0.717, 1.165) is 5.56 Å². The minimum absolute atomic E-state index is 0.0901. The van der Waals surface area contributed by atoms with E-state index in [2.05, 4.69) is 16.1 Å². The summed E-state index contributed by atoms with van der Waals surface area (Å²) in [5.41, 5.74) is 2.74. The topological polar surface area (TPSA) is 112 Å². The standard InChI is InChI=1S/C28H26FN3O4S/c1-31-28(33)26-23-17-22(19-9-5-4-6-10-19)24(32-37(34,35)16-8-3-2-7-15-30)18-25(23)36-27(26)20-11-13-21(29)14-12-20/h4-6,9-14,17-18,32H,2-3,7-8,16H2,1H3,(H,31,33).